The zero-order valence-corrected chi connectivity index (χ0v) is 11.1. The van der Waals surface area contributed by atoms with Gasteiger partial charge in [0.2, 0.25) is 5.91 Å². The Hall–Kier alpha value is -2.05. The molecule has 0 bridgehead atoms. The van der Waals surface area contributed by atoms with E-state index in [1.807, 2.05) is 4.90 Å². The normalized spacial score (nSPS) is 26.4. The molecule has 7 heteroatoms. The summed E-state index contributed by atoms with van der Waals surface area (Å²) in [6.45, 7) is 5.39. The fourth-order valence-electron chi connectivity index (χ4n) is 2.68. The maximum Gasteiger partial charge on any atom is 0.308 e. The molecule has 0 aromatic rings. The minimum atomic E-state index is -0.947. The summed E-state index contributed by atoms with van der Waals surface area (Å²) in [7, 11) is 0. The van der Waals surface area contributed by atoms with E-state index < -0.39 is 23.8 Å². The number of likely N-dealkylation sites (tertiary alicyclic amines) is 2. The molecule has 20 heavy (non-hydrogen) atoms. The lowest BCUT2D eigenvalue weighted by Crippen LogP contribution is -2.35. The molecule has 2 heterocycles. The van der Waals surface area contributed by atoms with Crippen LogP contribution in [0.2, 0.25) is 0 Å². The van der Waals surface area contributed by atoms with Gasteiger partial charge in [0.1, 0.15) is 0 Å². The molecule has 2 N–H and O–H groups in total. The standard InChI is InChI=1S/C13H18N2O5/c1-8-4-9(12(17)18)6-14(8)2-3-15-7-10(13(19)20)5-11(15)16/h9-10H,1-7H2,(H,17,18)(H,19,20). The van der Waals surface area contributed by atoms with Crippen molar-refractivity contribution in [2.75, 3.05) is 26.2 Å². The van der Waals surface area contributed by atoms with Crippen molar-refractivity contribution < 1.29 is 24.6 Å². The van der Waals surface area contributed by atoms with Crippen LogP contribution < -0.4 is 0 Å². The van der Waals surface area contributed by atoms with E-state index in [1.54, 1.807) is 0 Å². The van der Waals surface area contributed by atoms with Crippen LogP contribution in [-0.2, 0) is 14.4 Å². The quantitative estimate of drug-likeness (QED) is 0.727. The summed E-state index contributed by atoms with van der Waals surface area (Å²) in [6, 6.07) is 0. The predicted octanol–water partition coefficient (Wildman–Crippen LogP) is -0.160. The number of aliphatic carboxylic acids is 2. The van der Waals surface area contributed by atoms with E-state index >= 15 is 0 Å². The summed E-state index contributed by atoms with van der Waals surface area (Å²) >= 11 is 0. The second kappa shape index (κ2) is 5.52. The Labute approximate surface area is 116 Å². The summed E-state index contributed by atoms with van der Waals surface area (Å²) in [5.74, 6) is -3.01. The molecule has 2 fully saturated rings. The summed E-state index contributed by atoms with van der Waals surface area (Å²) < 4.78 is 0. The number of carbonyl (C=O) groups excluding carboxylic acids is 1. The van der Waals surface area contributed by atoms with Crippen LogP contribution in [-0.4, -0.2) is 64.0 Å². The van der Waals surface area contributed by atoms with Crippen LogP contribution in [0.25, 0.3) is 0 Å². The predicted molar refractivity (Wildman–Crippen MR) is 68.8 cm³/mol. The zero-order chi connectivity index (χ0) is 14.9. The number of nitrogens with zero attached hydrogens (tertiary/aromatic N) is 2. The van der Waals surface area contributed by atoms with E-state index in [-0.39, 0.29) is 18.9 Å². The largest absolute Gasteiger partial charge is 0.481 e. The number of hydrogen-bond acceptors (Lipinski definition) is 4. The first-order valence-electron chi connectivity index (χ1n) is 6.54. The van der Waals surface area contributed by atoms with Crippen molar-refractivity contribution in [2.24, 2.45) is 11.8 Å². The number of allylic oxidation sites excluding steroid dienone is 1. The van der Waals surface area contributed by atoms with Crippen molar-refractivity contribution in [3.63, 3.8) is 0 Å². The first-order chi connectivity index (χ1) is 9.38. The summed E-state index contributed by atoms with van der Waals surface area (Å²) in [4.78, 5) is 36.8. The van der Waals surface area contributed by atoms with Gasteiger partial charge in [0.05, 0.1) is 11.8 Å². The number of carbonyl (C=O) groups is 3. The monoisotopic (exact) mass is 282 g/mol. The van der Waals surface area contributed by atoms with Gasteiger partial charge >= 0.3 is 11.9 Å². The van der Waals surface area contributed by atoms with Crippen molar-refractivity contribution in [3.05, 3.63) is 12.3 Å². The number of hydrogen-bond donors (Lipinski definition) is 2. The molecule has 7 nitrogen and oxygen atoms in total. The molecule has 0 aromatic carbocycles. The second-order valence-corrected chi connectivity index (χ2v) is 5.33. The molecular weight excluding hydrogens is 264 g/mol. The van der Waals surface area contributed by atoms with Gasteiger partial charge in [0.15, 0.2) is 0 Å². The lowest BCUT2D eigenvalue weighted by atomic mass is 10.1. The molecule has 2 saturated heterocycles. The fraction of sp³-hybridized carbons (Fsp3) is 0.615. The molecule has 0 spiro atoms. The Morgan fingerprint density at radius 3 is 2.05 bits per heavy atom. The molecule has 2 atom stereocenters. The van der Waals surface area contributed by atoms with Crippen LogP contribution in [0, 0.1) is 11.8 Å². The minimum absolute atomic E-state index is 0.0496. The highest BCUT2D eigenvalue weighted by molar-refractivity contribution is 5.86. The molecule has 2 rings (SSSR count). The topological polar surface area (TPSA) is 98.2 Å². The average Bonchev–Trinajstić information content (AvgIpc) is 2.91. The minimum Gasteiger partial charge on any atom is -0.481 e. The first-order valence-corrected chi connectivity index (χ1v) is 6.54. The third-order valence-electron chi connectivity index (χ3n) is 3.92. The Balaban J connectivity index is 1.84. The Kier molecular flexibility index (Phi) is 3.96. The van der Waals surface area contributed by atoms with E-state index in [1.165, 1.54) is 4.90 Å². The van der Waals surface area contributed by atoms with Crippen LogP contribution in [0.5, 0.6) is 0 Å². The third-order valence-corrected chi connectivity index (χ3v) is 3.92. The highest BCUT2D eigenvalue weighted by atomic mass is 16.4. The molecular formula is C13H18N2O5. The van der Waals surface area contributed by atoms with Crippen molar-refractivity contribution in [2.45, 2.75) is 12.8 Å². The van der Waals surface area contributed by atoms with Crippen LogP contribution in [0.4, 0.5) is 0 Å². The van der Waals surface area contributed by atoms with Crippen LogP contribution in [0.1, 0.15) is 12.8 Å². The maximum atomic E-state index is 11.7. The Morgan fingerprint density at radius 2 is 1.55 bits per heavy atom. The molecule has 1 amide bonds. The highest BCUT2D eigenvalue weighted by Crippen LogP contribution is 2.25. The number of carboxylic acids is 2. The fourth-order valence-corrected chi connectivity index (χ4v) is 2.68. The molecule has 0 aromatic heterocycles. The Morgan fingerprint density at radius 1 is 1.05 bits per heavy atom. The molecule has 0 saturated carbocycles. The van der Waals surface area contributed by atoms with E-state index in [0.717, 1.165) is 5.70 Å². The zero-order valence-electron chi connectivity index (χ0n) is 11.1. The lowest BCUT2D eigenvalue weighted by Gasteiger charge is -2.23. The Bertz CT molecular complexity index is 420. The molecule has 2 aliphatic rings. The maximum absolute atomic E-state index is 11.7. The van der Waals surface area contributed by atoms with Crippen molar-refractivity contribution >= 4 is 17.8 Å². The summed E-state index contributed by atoms with van der Waals surface area (Å²) in [5, 5.41) is 17.9. The van der Waals surface area contributed by atoms with E-state index in [4.69, 9.17) is 10.2 Å². The van der Waals surface area contributed by atoms with Crippen LogP contribution in [0.3, 0.4) is 0 Å². The summed E-state index contributed by atoms with van der Waals surface area (Å²) in [6.07, 6.45) is 0.481. The van der Waals surface area contributed by atoms with Crippen molar-refractivity contribution in [1.82, 2.24) is 9.80 Å². The van der Waals surface area contributed by atoms with Gasteiger partial charge in [-0.2, -0.15) is 0 Å². The first kappa shape index (κ1) is 14.4. The van der Waals surface area contributed by atoms with E-state index in [2.05, 4.69) is 6.58 Å². The van der Waals surface area contributed by atoms with Gasteiger partial charge in [-0.3, -0.25) is 14.4 Å². The highest BCUT2D eigenvalue weighted by Gasteiger charge is 2.35. The van der Waals surface area contributed by atoms with Crippen LogP contribution in [0.15, 0.2) is 12.3 Å². The number of amides is 1. The average molecular weight is 282 g/mol. The lowest BCUT2D eigenvalue weighted by molar-refractivity contribution is -0.142. The van der Waals surface area contributed by atoms with Gasteiger partial charge < -0.3 is 20.0 Å². The van der Waals surface area contributed by atoms with Gasteiger partial charge in [-0.05, 0) is 0 Å². The number of rotatable bonds is 5. The number of carboxylic acid groups (broad SMARTS) is 2. The van der Waals surface area contributed by atoms with E-state index in [9.17, 15) is 14.4 Å². The SMILES string of the molecule is C=C1CC(C(=O)O)CN1CCN1CC(C(=O)O)CC1=O. The van der Waals surface area contributed by atoms with Gasteiger partial charge in [0, 0.05) is 44.7 Å². The van der Waals surface area contributed by atoms with Crippen LogP contribution >= 0.6 is 0 Å². The van der Waals surface area contributed by atoms with Gasteiger partial charge in [-0.15, -0.1) is 0 Å². The molecule has 2 aliphatic heterocycles. The van der Waals surface area contributed by atoms with Crippen molar-refractivity contribution in [1.29, 1.82) is 0 Å². The second-order valence-electron chi connectivity index (χ2n) is 5.33. The molecule has 110 valence electrons. The van der Waals surface area contributed by atoms with Crippen molar-refractivity contribution in [3.8, 4) is 0 Å². The molecule has 2 unspecified atom stereocenters. The summed E-state index contributed by atoms with van der Waals surface area (Å²) in [5.41, 5.74) is 0.763. The molecule has 0 radical (unpaired) electrons. The van der Waals surface area contributed by atoms with E-state index in [0.29, 0.717) is 26.1 Å². The van der Waals surface area contributed by atoms with Gasteiger partial charge in [0.25, 0.3) is 0 Å². The molecule has 0 aliphatic carbocycles. The third kappa shape index (κ3) is 2.92. The van der Waals surface area contributed by atoms with Gasteiger partial charge in [-0.1, -0.05) is 6.58 Å². The van der Waals surface area contributed by atoms with Gasteiger partial charge in [-0.25, -0.2) is 0 Å². The smallest absolute Gasteiger partial charge is 0.308 e.